The van der Waals surface area contributed by atoms with Crippen LogP contribution in [0.25, 0.3) is 0 Å². The molecule has 3 N–H and O–H groups in total. The maximum atomic E-state index is 13.7. The highest BCUT2D eigenvalue weighted by Crippen LogP contribution is 2.29. The van der Waals surface area contributed by atoms with E-state index >= 15 is 0 Å². The predicted octanol–water partition coefficient (Wildman–Crippen LogP) is 4.77. The van der Waals surface area contributed by atoms with Gasteiger partial charge in [-0.1, -0.05) is 36.4 Å². The molecule has 0 bridgehead atoms. The van der Waals surface area contributed by atoms with E-state index in [1.165, 1.54) is 65.4 Å². The quantitative estimate of drug-likeness (QED) is 0.374. The lowest BCUT2D eigenvalue weighted by atomic mass is 9.82. The lowest BCUT2D eigenvalue weighted by Gasteiger charge is -2.25. The fourth-order valence-corrected chi connectivity index (χ4v) is 6.17. The molecule has 0 saturated carbocycles. The molecule has 2 aliphatic rings. The number of nitrogens with one attached hydrogen (secondary N) is 2. The lowest BCUT2D eigenvalue weighted by Crippen LogP contribution is -2.45. The summed E-state index contributed by atoms with van der Waals surface area (Å²) in [4.78, 5) is 32.7. The highest BCUT2D eigenvalue weighted by Gasteiger charge is 2.28. The Morgan fingerprint density at radius 3 is 2.19 bits per heavy atom. The molecule has 0 fully saturated rings. The Morgan fingerprint density at radius 1 is 0.892 bits per heavy atom. The van der Waals surface area contributed by atoms with E-state index in [2.05, 4.69) is 51.7 Å². The van der Waals surface area contributed by atoms with Crippen molar-refractivity contribution in [2.75, 3.05) is 0 Å². The smallest absolute Gasteiger partial charge is 0.326 e. The number of aromatic amines is 1. The first-order chi connectivity index (χ1) is 18.1. The third kappa shape index (κ3) is 6.12. The van der Waals surface area contributed by atoms with E-state index in [1.807, 2.05) is 0 Å². The standard InChI is InChI=1S/C31H37N3O3/c35-30(34-29(31(36)37)18-26-19-32-20-33-26)25(17-24-12-6-10-22-8-2-4-14-28(22)24)16-15-23-11-5-9-21-7-1-3-13-27(21)23/h5-6,9-12,19-20,25,29H,1-4,7-8,13-18H2,(H,32,33)(H,34,35)(H,36,37)/t25?,29-/m0/s1. The van der Waals surface area contributed by atoms with Crippen LogP contribution < -0.4 is 5.32 Å². The lowest BCUT2D eigenvalue weighted by molar-refractivity contribution is -0.142. The topological polar surface area (TPSA) is 95.1 Å². The summed E-state index contributed by atoms with van der Waals surface area (Å²) in [6.45, 7) is 0. The number of carbonyl (C=O) groups excluding carboxylic acids is 1. The fraction of sp³-hybridized carbons (Fsp3) is 0.452. The number of carboxylic acids is 1. The maximum absolute atomic E-state index is 13.7. The average Bonchev–Trinajstić information content (AvgIpc) is 3.44. The van der Waals surface area contributed by atoms with Gasteiger partial charge in [0, 0.05) is 18.5 Å². The van der Waals surface area contributed by atoms with E-state index in [0.29, 0.717) is 18.5 Å². The van der Waals surface area contributed by atoms with Crippen molar-refractivity contribution in [2.24, 2.45) is 5.92 Å². The van der Waals surface area contributed by atoms with Crippen molar-refractivity contribution in [1.82, 2.24) is 15.3 Å². The van der Waals surface area contributed by atoms with Crippen LogP contribution in [0.1, 0.15) is 71.2 Å². The van der Waals surface area contributed by atoms with Crippen molar-refractivity contribution in [3.63, 3.8) is 0 Å². The van der Waals surface area contributed by atoms with Gasteiger partial charge in [-0.15, -0.1) is 0 Å². The summed E-state index contributed by atoms with van der Waals surface area (Å²) in [6.07, 6.45) is 14.8. The number of aryl methyl sites for hydroxylation is 3. The molecule has 1 amide bonds. The van der Waals surface area contributed by atoms with E-state index < -0.39 is 12.0 Å². The van der Waals surface area contributed by atoms with Crippen LogP contribution in [0.4, 0.5) is 0 Å². The Morgan fingerprint density at radius 2 is 1.54 bits per heavy atom. The van der Waals surface area contributed by atoms with Gasteiger partial charge in [-0.2, -0.15) is 0 Å². The van der Waals surface area contributed by atoms with E-state index in [-0.39, 0.29) is 18.2 Å². The number of H-pyrrole nitrogens is 1. The van der Waals surface area contributed by atoms with Gasteiger partial charge in [0.15, 0.2) is 0 Å². The second-order valence-electron chi connectivity index (χ2n) is 10.6. The minimum Gasteiger partial charge on any atom is -0.480 e. The Bertz CT molecular complexity index is 1230. The minimum absolute atomic E-state index is 0.157. The Hall–Kier alpha value is -3.41. The number of aromatic nitrogens is 2. The summed E-state index contributed by atoms with van der Waals surface area (Å²) in [7, 11) is 0. The summed E-state index contributed by atoms with van der Waals surface area (Å²) in [6, 6.07) is 12.1. The predicted molar refractivity (Wildman–Crippen MR) is 144 cm³/mol. The molecule has 194 valence electrons. The van der Waals surface area contributed by atoms with Gasteiger partial charge < -0.3 is 15.4 Å². The van der Waals surface area contributed by atoms with Crippen molar-refractivity contribution in [2.45, 2.75) is 83.1 Å². The molecule has 0 saturated heterocycles. The number of aliphatic carboxylic acids is 1. The Kier molecular flexibility index (Phi) is 8.02. The number of hydrogen-bond acceptors (Lipinski definition) is 3. The molecule has 37 heavy (non-hydrogen) atoms. The Balaban J connectivity index is 1.37. The van der Waals surface area contributed by atoms with E-state index in [4.69, 9.17) is 0 Å². The Labute approximate surface area is 218 Å². The molecule has 0 radical (unpaired) electrons. The molecular weight excluding hydrogens is 462 g/mol. The fourth-order valence-electron chi connectivity index (χ4n) is 6.17. The van der Waals surface area contributed by atoms with Gasteiger partial charge in [-0.3, -0.25) is 4.79 Å². The first-order valence-electron chi connectivity index (χ1n) is 13.8. The summed E-state index contributed by atoms with van der Waals surface area (Å²) in [5.41, 5.74) is 8.93. The molecule has 1 unspecified atom stereocenters. The van der Waals surface area contributed by atoms with Crippen LogP contribution in [-0.2, 0) is 54.5 Å². The molecule has 2 aliphatic carbocycles. The van der Waals surface area contributed by atoms with Gasteiger partial charge in [0.25, 0.3) is 0 Å². The number of benzene rings is 2. The molecular formula is C31H37N3O3. The van der Waals surface area contributed by atoms with Gasteiger partial charge in [0.05, 0.1) is 12.0 Å². The van der Waals surface area contributed by atoms with Gasteiger partial charge >= 0.3 is 5.97 Å². The number of carboxylic acid groups (broad SMARTS) is 1. The number of fused-ring (bicyclic) bond motifs is 2. The average molecular weight is 500 g/mol. The zero-order chi connectivity index (χ0) is 25.6. The first kappa shape index (κ1) is 25.2. The van der Waals surface area contributed by atoms with E-state index in [9.17, 15) is 14.7 Å². The summed E-state index contributed by atoms with van der Waals surface area (Å²) < 4.78 is 0. The monoisotopic (exact) mass is 499 g/mol. The highest BCUT2D eigenvalue weighted by atomic mass is 16.4. The number of amides is 1. The van der Waals surface area contributed by atoms with Crippen molar-refractivity contribution in [3.05, 3.63) is 88.0 Å². The number of rotatable bonds is 10. The van der Waals surface area contributed by atoms with E-state index in [0.717, 1.165) is 32.1 Å². The molecule has 0 aliphatic heterocycles. The van der Waals surface area contributed by atoms with Crippen molar-refractivity contribution < 1.29 is 14.7 Å². The molecule has 6 nitrogen and oxygen atoms in total. The van der Waals surface area contributed by atoms with Crippen LogP contribution in [0.3, 0.4) is 0 Å². The molecule has 3 aromatic rings. The van der Waals surface area contributed by atoms with Gasteiger partial charge in [0.2, 0.25) is 5.91 Å². The van der Waals surface area contributed by atoms with Crippen LogP contribution in [0, 0.1) is 5.92 Å². The molecule has 1 aromatic heterocycles. The van der Waals surface area contributed by atoms with Crippen molar-refractivity contribution >= 4 is 11.9 Å². The number of carbonyl (C=O) groups is 2. The van der Waals surface area contributed by atoms with Crippen molar-refractivity contribution in [3.8, 4) is 0 Å². The van der Waals surface area contributed by atoms with Gasteiger partial charge in [-0.25, -0.2) is 9.78 Å². The number of hydrogen-bond donors (Lipinski definition) is 3. The molecule has 1 heterocycles. The second kappa shape index (κ2) is 11.8. The normalized spacial score (nSPS) is 16.3. The van der Waals surface area contributed by atoms with Gasteiger partial charge in [0.1, 0.15) is 6.04 Å². The zero-order valence-electron chi connectivity index (χ0n) is 21.5. The first-order valence-corrected chi connectivity index (χ1v) is 13.8. The largest absolute Gasteiger partial charge is 0.480 e. The van der Waals surface area contributed by atoms with Crippen LogP contribution in [-0.4, -0.2) is 33.0 Å². The van der Waals surface area contributed by atoms with E-state index in [1.54, 1.807) is 6.20 Å². The van der Waals surface area contributed by atoms with Crippen LogP contribution in [0.2, 0.25) is 0 Å². The highest BCUT2D eigenvalue weighted by molar-refractivity contribution is 5.85. The molecule has 0 spiro atoms. The number of nitrogens with zero attached hydrogens (tertiary/aromatic N) is 1. The second-order valence-corrected chi connectivity index (χ2v) is 10.6. The summed E-state index contributed by atoms with van der Waals surface area (Å²) in [5, 5.41) is 12.7. The summed E-state index contributed by atoms with van der Waals surface area (Å²) >= 11 is 0. The molecule has 2 aromatic carbocycles. The van der Waals surface area contributed by atoms with Crippen LogP contribution in [0.5, 0.6) is 0 Å². The maximum Gasteiger partial charge on any atom is 0.326 e. The third-order valence-corrected chi connectivity index (χ3v) is 8.17. The zero-order valence-corrected chi connectivity index (χ0v) is 21.5. The van der Waals surface area contributed by atoms with Gasteiger partial charge in [-0.05, 0) is 104 Å². The van der Waals surface area contributed by atoms with Crippen LogP contribution in [0.15, 0.2) is 48.9 Å². The SMILES string of the molecule is O=C(N[C@@H](Cc1c[nH]cn1)C(=O)O)C(CCc1cccc2c1CCCC2)Cc1cccc2c1CCCC2. The summed E-state index contributed by atoms with van der Waals surface area (Å²) in [5.74, 6) is -1.51. The number of imidazole rings is 1. The van der Waals surface area contributed by atoms with Crippen LogP contribution >= 0.6 is 0 Å². The molecule has 6 heteroatoms. The molecule has 5 rings (SSSR count). The van der Waals surface area contributed by atoms with Crippen molar-refractivity contribution in [1.29, 1.82) is 0 Å². The third-order valence-electron chi connectivity index (χ3n) is 8.17. The minimum atomic E-state index is -1.04. The molecule has 2 atom stereocenters.